The van der Waals surface area contributed by atoms with Crippen molar-refractivity contribution < 1.29 is 27.1 Å². The number of carbonyl (C=O) groups is 1. The minimum Gasteiger partial charge on any atom is -0.381 e. The van der Waals surface area contributed by atoms with Gasteiger partial charge in [-0.1, -0.05) is 13.0 Å². The molecule has 2 rings (SSSR count). The lowest BCUT2D eigenvalue weighted by molar-refractivity contribution is -0.140. The van der Waals surface area contributed by atoms with Gasteiger partial charge in [0.1, 0.15) is 5.82 Å². The van der Waals surface area contributed by atoms with Crippen molar-refractivity contribution in [2.45, 2.75) is 38.9 Å². The standard InChI is InChI=1S/C17H21F4NO2/c1-10(12-5-7-24-8-6-12)16(23)22-11(2)13-3-4-15(18)14(9-13)17(19,20)21/h3-4,9-12H,5-8H2,1-2H3,(H,22,23)/t10-,11-/m1/s1. The fourth-order valence-electron chi connectivity index (χ4n) is 2.89. The largest absolute Gasteiger partial charge is 0.419 e. The summed E-state index contributed by atoms with van der Waals surface area (Å²) in [6.07, 6.45) is -3.19. The Bertz CT molecular complexity index is 582. The number of rotatable bonds is 4. The summed E-state index contributed by atoms with van der Waals surface area (Å²) >= 11 is 0. The average molecular weight is 347 g/mol. The molecule has 0 bridgehead atoms. The number of amides is 1. The van der Waals surface area contributed by atoms with Crippen LogP contribution < -0.4 is 5.32 Å². The highest BCUT2D eigenvalue weighted by Crippen LogP contribution is 2.33. The van der Waals surface area contributed by atoms with E-state index in [0.29, 0.717) is 13.2 Å². The van der Waals surface area contributed by atoms with Crippen LogP contribution in [0.2, 0.25) is 0 Å². The van der Waals surface area contributed by atoms with E-state index in [9.17, 15) is 22.4 Å². The number of alkyl halides is 3. The summed E-state index contributed by atoms with van der Waals surface area (Å²) in [6, 6.07) is 2.15. The number of benzene rings is 1. The van der Waals surface area contributed by atoms with Gasteiger partial charge >= 0.3 is 6.18 Å². The molecule has 3 nitrogen and oxygen atoms in total. The van der Waals surface area contributed by atoms with Crippen molar-refractivity contribution in [1.82, 2.24) is 5.32 Å². The quantitative estimate of drug-likeness (QED) is 0.834. The second-order valence-corrected chi connectivity index (χ2v) is 6.21. The first kappa shape index (κ1) is 18.7. The first-order chi connectivity index (χ1) is 11.2. The van der Waals surface area contributed by atoms with E-state index in [1.165, 1.54) is 6.07 Å². The molecule has 2 atom stereocenters. The van der Waals surface area contributed by atoms with Crippen LogP contribution in [-0.2, 0) is 15.7 Å². The number of hydrogen-bond donors (Lipinski definition) is 1. The molecule has 24 heavy (non-hydrogen) atoms. The molecule has 0 radical (unpaired) electrons. The lowest BCUT2D eigenvalue weighted by Crippen LogP contribution is -2.37. The Hall–Kier alpha value is -1.63. The predicted molar refractivity (Wildman–Crippen MR) is 80.7 cm³/mol. The molecule has 1 aliphatic heterocycles. The van der Waals surface area contributed by atoms with Gasteiger partial charge in [-0.25, -0.2) is 4.39 Å². The van der Waals surface area contributed by atoms with Gasteiger partial charge in [-0.15, -0.1) is 0 Å². The Kier molecular flexibility index (Phi) is 5.85. The third kappa shape index (κ3) is 4.47. The highest BCUT2D eigenvalue weighted by atomic mass is 19.4. The Labute approximate surface area is 138 Å². The molecule has 1 aromatic rings. The maximum absolute atomic E-state index is 13.3. The molecular formula is C17H21F4NO2. The molecule has 1 saturated heterocycles. The summed E-state index contributed by atoms with van der Waals surface area (Å²) in [5.41, 5.74) is -1.10. The number of nitrogens with one attached hydrogen (secondary N) is 1. The van der Waals surface area contributed by atoms with E-state index in [-0.39, 0.29) is 23.3 Å². The van der Waals surface area contributed by atoms with Crippen LogP contribution in [0.5, 0.6) is 0 Å². The molecule has 0 aromatic heterocycles. The minimum absolute atomic E-state index is 0.199. The van der Waals surface area contributed by atoms with Crippen LogP contribution in [-0.4, -0.2) is 19.1 Å². The molecule has 1 heterocycles. The molecular weight excluding hydrogens is 326 g/mol. The van der Waals surface area contributed by atoms with Crippen LogP contribution in [0.15, 0.2) is 18.2 Å². The molecule has 0 aliphatic carbocycles. The smallest absolute Gasteiger partial charge is 0.381 e. The maximum Gasteiger partial charge on any atom is 0.419 e. The van der Waals surface area contributed by atoms with Crippen LogP contribution in [0, 0.1) is 17.7 Å². The van der Waals surface area contributed by atoms with Gasteiger partial charge in [0.25, 0.3) is 0 Å². The summed E-state index contributed by atoms with van der Waals surface area (Å²) in [5.74, 6) is -1.59. The minimum atomic E-state index is -4.76. The van der Waals surface area contributed by atoms with E-state index >= 15 is 0 Å². The predicted octanol–water partition coefficient (Wildman–Crippen LogP) is 4.08. The zero-order chi connectivity index (χ0) is 17.9. The van der Waals surface area contributed by atoms with Crippen LogP contribution in [0.1, 0.15) is 43.9 Å². The van der Waals surface area contributed by atoms with Gasteiger partial charge in [0.05, 0.1) is 11.6 Å². The van der Waals surface area contributed by atoms with Gasteiger partial charge < -0.3 is 10.1 Å². The SMILES string of the molecule is C[C@@H](NC(=O)[C@H](C)C1CCOCC1)c1ccc(F)c(C(F)(F)F)c1. The Morgan fingerprint density at radius 2 is 1.88 bits per heavy atom. The number of carbonyl (C=O) groups excluding carboxylic acids is 1. The molecule has 1 fully saturated rings. The van der Waals surface area contributed by atoms with Gasteiger partial charge in [0, 0.05) is 19.1 Å². The Morgan fingerprint density at radius 3 is 2.46 bits per heavy atom. The normalized spacial score (nSPS) is 18.9. The monoisotopic (exact) mass is 347 g/mol. The van der Waals surface area contributed by atoms with Gasteiger partial charge in [-0.3, -0.25) is 4.79 Å². The van der Waals surface area contributed by atoms with Crippen LogP contribution >= 0.6 is 0 Å². The van der Waals surface area contributed by atoms with Gasteiger partial charge in [0.2, 0.25) is 5.91 Å². The molecule has 1 aromatic carbocycles. The van der Waals surface area contributed by atoms with E-state index in [2.05, 4.69) is 5.32 Å². The van der Waals surface area contributed by atoms with Crippen molar-refractivity contribution in [3.8, 4) is 0 Å². The van der Waals surface area contributed by atoms with Gasteiger partial charge in [-0.05, 0) is 43.4 Å². The molecule has 0 unspecified atom stereocenters. The number of hydrogen-bond acceptors (Lipinski definition) is 2. The lowest BCUT2D eigenvalue weighted by Gasteiger charge is -2.28. The molecule has 1 N–H and O–H groups in total. The maximum atomic E-state index is 13.3. The molecule has 0 saturated carbocycles. The summed E-state index contributed by atoms with van der Waals surface area (Å²) in [6.45, 7) is 4.63. The fraction of sp³-hybridized carbons (Fsp3) is 0.588. The van der Waals surface area contributed by atoms with Gasteiger partial charge in [-0.2, -0.15) is 13.2 Å². The van der Waals surface area contributed by atoms with Crippen molar-refractivity contribution in [3.05, 3.63) is 35.1 Å². The van der Waals surface area contributed by atoms with E-state index in [4.69, 9.17) is 4.74 Å². The third-order valence-corrected chi connectivity index (χ3v) is 4.54. The van der Waals surface area contributed by atoms with E-state index in [1.54, 1.807) is 6.92 Å². The Balaban J connectivity index is 2.06. The van der Waals surface area contributed by atoms with Crippen molar-refractivity contribution >= 4 is 5.91 Å². The summed E-state index contributed by atoms with van der Waals surface area (Å²) < 4.78 is 57.0. The van der Waals surface area contributed by atoms with Crippen molar-refractivity contribution in [1.29, 1.82) is 0 Å². The first-order valence-corrected chi connectivity index (χ1v) is 7.95. The lowest BCUT2D eigenvalue weighted by atomic mass is 9.86. The second kappa shape index (κ2) is 7.51. The summed E-state index contributed by atoms with van der Waals surface area (Å²) in [7, 11) is 0. The Morgan fingerprint density at radius 1 is 1.25 bits per heavy atom. The summed E-state index contributed by atoms with van der Waals surface area (Å²) in [4.78, 5) is 12.3. The molecule has 7 heteroatoms. The molecule has 1 amide bonds. The number of halogens is 4. The summed E-state index contributed by atoms with van der Waals surface area (Å²) in [5, 5.41) is 2.72. The second-order valence-electron chi connectivity index (χ2n) is 6.21. The first-order valence-electron chi connectivity index (χ1n) is 7.95. The zero-order valence-electron chi connectivity index (χ0n) is 13.6. The third-order valence-electron chi connectivity index (χ3n) is 4.54. The highest BCUT2D eigenvalue weighted by Gasteiger charge is 2.35. The topological polar surface area (TPSA) is 38.3 Å². The van der Waals surface area contributed by atoms with Crippen molar-refractivity contribution in [3.63, 3.8) is 0 Å². The van der Waals surface area contributed by atoms with E-state index < -0.39 is 23.6 Å². The highest BCUT2D eigenvalue weighted by molar-refractivity contribution is 5.79. The van der Waals surface area contributed by atoms with Crippen molar-refractivity contribution in [2.75, 3.05) is 13.2 Å². The van der Waals surface area contributed by atoms with E-state index in [0.717, 1.165) is 25.0 Å². The fourth-order valence-corrected chi connectivity index (χ4v) is 2.89. The van der Waals surface area contributed by atoms with Crippen molar-refractivity contribution in [2.24, 2.45) is 11.8 Å². The average Bonchev–Trinajstić information content (AvgIpc) is 2.54. The van der Waals surface area contributed by atoms with Crippen LogP contribution in [0.25, 0.3) is 0 Å². The number of ether oxygens (including phenoxy) is 1. The van der Waals surface area contributed by atoms with Crippen LogP contribution in [0.3, 0.4) is 0 Å². The van der Waals surface area contributed by atoms with Gasteiger partial charge in [0.15, 0.2) is 0 Å². The van der Waals surface area contributed by atoms with E-state index in [1.807, 2.05) is 6.92 Å². The van der Waals surface area contributed by atoms with Crippen LogP contribution in [0.4, 0.5) is 17.6 Å². The molecule has 0 spiro atoms. The molecule has 1 aliphatic rings. The molecule has 134 valence electrons. The zero-order valence-corrected chi connectivity index (χ0v) is 13.6.